The molecule has 4 aromatic rings. The average molecular weight is 533 g/mol. The van der Waals surface area contributed by atoms with Gasteiger partial charge in [0.2, 0.25) is 0 Å². The number of hydrogen-bond donors (Lipinski definition) is 1. The van der Waals surface area contributed by atoms with Crippen LogP contribution in [0, 0.1) is 17.2 Å². The zero-order valence-electron chi connectivity index (χ0n) is 21.2. The Morgan fingerprint density at radius 2 is 1.87 bits per heavy atom. The SMILES string of the molecule is CC(C)OC(=O)Nc1ccc(-c2c(C#N)c3ccc(S(=O)(=O)CCn4cnnc4)cc3n2CC2CC2)cc1. The number of sulfone groups is 1. The van der Waals surface area contributed by atoms with Gasteiger partial charge in [-0.1, -0.05) is 18.2 Å². The number of rotatable bonds is 9. The maximum Gasteiger partial charge on any atom is 0.411 e. The second kappa shape index (κ2) is 10.3. The molecular weight excluding hydrogens is 504 g/mol. The van der Waals surface area contributed by atoms with Gasteiger partial charge in [-0.2, -0.15) is 5.26 Å². The van der Waals surface area contributed by atoms with E-state index in [1.54, 1.807) is 48.7 Å². The highest BCUT2D eigenvalue weighted by Crippen LogP contribution is 2.39. The summed E-state index contributed by atoms with van der Waals surface area (Å²) in [5, 5.41) is 21.0. The van der Waals surface area contributed by atoms with Crippen molar-refractivity contribution in [1.82, 2.24) is 19.3 Å². The highest BCUT2D eigenvalue weighted by atomic mass is 32.2. The standard InChI is InChI=1S/C27H28N6O4S/c1-18(2)37-27(34)31-21-7-5-20(6-8-21)26-24(14-28)23-10-9-22(13-25(23)33(26)15-19-3-4-19)38(35,36)12-11-32-16-29-30-17-32/h5-10,13,16-19H,3-4,11-12,15H2,1-2H3,(H,31,34). The summed E-state index contributed by atoms with van der Waals surface area (Å²) < 4.78 is 35.2. The van der Waals surface area contributed by atoms with Crippen LogP contribution in [-0.4, -0.2) is 45.7 Å². The van der Waals surface area contributed by atoms with Crippen molar-refractivity contribution in [2.75, 3.05) is 11.1 Å². The van der Waals surface area contributed by atoms with Crippen molar-refractivity contribution in [3.8, 4) is 17.3 Å². The van der Waals surface area contributed by atoms with Gasteiger partial charge in [0.1, 0.15) is 18.7 Å². The van der Waals surface area contributed by atoms with Crippen molar-refractivity contribution >= 4 is 32.5 Å². The first-order valence-electron chi connectivity index (χ1n) is 12.4. The molecule has 2 aromatic heterocycles. The fourth-order valence-corrected chi connectivity index (χ4v) is 5.69. The number of ether oxygens (including phenoxy) is 1. The molecule has 1 N–H and O–H groups in total. The number of hydrogen-bond acceptors (Lipinski definition) is 7. The minimum absolute atomic E-state index is 0.0917. The number of nitrogens with one attached hydrogen (secondary N) is 1. The smallest absolute Gasteiger partial charge is 0.411 e. The van der Waals surface area contributed by atoms with Crippen molar-refractivity contribution in [3.05, 3.63) is 60.7 Å². The second-order valence-electron chi connectivity index (χ2n) is 9.74. The highest BCUT2D eigenvalue weighted by Gasteiger charge is 2.27. The Bertz CT molecular complexity index is 1610. The second-order valence-corrected chi connectivity index (χ2v) is 11.9. The molecule has 0 spiro atoms. The molecular formula is C27H28N6O4S. The Balaban J connectivity index is 1.52. The number of anilines is 1. The summed E-state index contributed by atoms with van der Waals surface area (Å²) in [5.74, 6) is 0.391. The lowest BCUT2D eigenvalue weighted by Gasteiger charge is -2.13. The van der Waals surface area contributed by atoms with E-state index in [0.29, 0.717) is 29.1 Å². The number of benzene rings is 2. The molecule has 10 nitrogen and oxygen atoms in total. The van der Waals surface area contributed by atoms with Gasteiger partial charge < -0.3 is 13.9 Å². The zero-order chi connectivity index (χ0) is 26.9. The van der Waals surface area contributed by atoms with Gasteiger partial charge in [0.05, 0.1) is 33.5 Å². The molecule has 0 bridgehead atoms. The molecule has 11 heteroatoms. The molecule has 2 aromatic carbocycles. The lowest BCUT2D eigenvalue weighted by Crippen LogP contribution is -2.17. The van der Waals surface area contributed by atoms with Gasteiger partial charge in [-0.15, -0.1) is 10.2 Å². The van der Waals surface area contributed by atoms with Crippen molar-refractivity contribution in [2.24, 2.45) is 5.92 Å². The van der Waals surface area contributed by atoms with Gasteiger partial charge in [-0.25, -0.2) is 13.2 Å². The van der Waals surface area contributed by atoms with Crippen molar-refractivity contribution in [2.45, 2.75) is 50.8 Å². The number of nitrogens with zero attached hydrogens (tertiary/aromatic N) is 5. The third-order valence-electron chi connectivity index (χ3n) is 6.48. The van der Waals surface area contributed by atoms with Gasteiger partial charge in [0.15, 0.2) is 9.84 Å². The number of amides is 1. The molecule has 0 aliphatic heterocycles. The first-order valence-corrected chi connectivity index (χ1v) is 14.1. The molecule has 196 valence electrons. The maximum absolute atomic E-state index is 13.2. The Morgan fingerprint density at radius 1 is 1.16 bits per heavy atom. The third-order valence-corrected chi connectivity index (χ3v) is 8.17. The van der Waals surface area contributed by atoms with Crippen LogP contribution >= 0.6 is 0 Å². The van der Waals surface area contributed by atoms with Crippen LogP contribution in [0.3, 0.4) is 0 Å². The van der Waals surface area contributed by atoms with Gasteiger partial charge in [0, 0.05) is 24.2 Å². The molecule has 0 saturated heterocycles. The molecule has 0 unspecified atom stereocenters. The summed E-state index contributed by atoms with van der Waals surface area (Å²) in [5.41, 5.74) is 3.33. The Morgan fingerprint density at radius 3 is 2.50 bits per heavy atom. The fourth-order valence-electron chi connectivity index (χ4n) is 4.44. The Hall–Kier alpha value is -4.17. The normalized spacial score (nSPS) is 13.5. The predicted octanol–water partition coefficient (Wildman–Crippen LogP) is 4.61. The van der Waals surface area contributed by atoms with E-state index in [0.717, 1.165) is 29.6 Å². The molecule has 1 saturated carbocycles. The zero-order valence-corrected chi connectivity index (χ0v) is 22.0. The van der Waals surface area contributed by atoms with Crippen LogP contribution in [0.25, 0.3) is 22.2 Å². The van der Waals surface area contributed by atoms with Crippen LogP contribution in [0.15, 0.2) is 60.0 Å². The summed E-state index contributed by atoms with van der Waals surface area (Å²) in [6.07, 6.45) is 4.39. The Labute approximate surface area is 220 Å². The van der Waals surface area contributed by atoms with Gasteiger partial charge in [-0.05, 0) is 62.4 Å². The first-order chi connectivity index (χ1) is 18.2. The van der Waals surface area contributed by atoms with Gasteiger partial charge in [0.25, 0.3) is 0 Å². The molecule has 1 aliphatic carbocycles. The topological polar surface area (TPSA) is 132 Å². The molecule has 0 radical (unpaired) electrons. The Kier molecular flexibility index (Phi) is 6.91. The predicted molar refractivity (Wildman–Crippen MR) is 142 cm³/mol. The first kappa shape index (κ1) is 25.5. The van der Waals surface area contributed by atoms with Crippen LogP contribution in [0.5, 0.6) is 0 Å². The van der Waals surface area contributed by atoms with Crippen LogP contribution < -0.4 is 5.32 Å². The third kappa shape index (κ3) is 5.40. The summed E-state index contributed by atoms with van der Waals surface area (Å²) in [4.78, 5) is 12.2. The lowest BCUT2D eigenvalue weighted by atomic mass is 10.1. The van der Waals surface area contributed by atoms with Crippen molar-refractivity contribution < 1.29 is 17.9 Å². The molecule has 38 heavy (non-hydrogen) atoms. The van der Waals surface area contributed by atoms with Crippen molar-refractivity contribution in [1.29, 1.82) is 5.26 Å². The van der Waals surface area contributed by atoms with Crippen LogP contribution in [-0.2, 0) is 27.7 Å². The van der Waals surface area contributed by atoms with E-state index >= 15 is 0 Å². The molecule has 1 aliphatic rings. The summed E-state index contributed by atoms with van der Waals surface area (Å²) >= 11 is 0. The number of nitriles is 1. The van der Waals surface area contributed by atoms with Gasteiger partial charge >= 0.3 is 6.09 Å². The van der Waals surface area contributed by atoms with E-state index in [1.807, 2.05) is 12.1 Å². The number of carbonyl (C=O) groups is 1. The number of fused-ring (bicyclic) bond motifs is 1. The summed E-state index contributed by atoms with van der Waals surface area (Å²) in [7, 11) is -3.58. The van der Waals surface area contributed by atoms with E-state index in [-0.39, 0.29) is 23.3 Å². The minimum Gasteiger partial charge on any atom is -0.447 e. The van der Waals surface area contributed by atoms with Gasteiger partial charge in [-0.3, -0.25) is 5.32 Å². The van der Waals surface area contributed by atoms with E-state index < -0.39 is 15.9 Å². The number of aryl methyl sites for hydroxylation is 1. The number of aromatic nitrogens is 4. The fraction of sp³-hybridized carbons (Fsp3) is 0.333. The molecule has 1 amide bonds. The summed E-state index contributed by atoms with van der Waals surface area (Å²) in [6.45, 7) is 4.49. The van der Waals surface area contributed by atoms with Crippen LogP contribution in [0.4, 0.5) is 10.5 Å². The minimum atomic E-state index is -3.58. The van der Waals surface area contributed by atoms with E-state index in [2.05, 4.69) is 26.2 Å². The summed E-state index contributed by atoms with van der Waals surface area (Å²) in [6, 6.07) is 14.5. The largest absolute Gasteiger partial charge is 0.447 e. The molecule has 0 atom stereocenters. The highest BCUT2D eigenvalue weighted by molar-refractivity contribution is 7.91. The molecule has 5 rings (SSSR count). The van der Waals surface area contributed by atoms with Crippen LogP contribution in [0.2, 0.25) is 0 Å². The number of carbonyl (C=O) groups excluding carboxylic acids is 1. The van der Waals surface area contributed by atoms with E-state index in [9.17, 15) is 18.5 Å². The maximum atomic E-state index is 13.2. The molecule has 1 fully saturated rings. The monoisotopic (exact) mass is 532 g/mol. The molecule has 2 heterocycles. The quantitative estimate of drug-likeness (QED) is 0.333. The van der Waals surface area contributed by atoms with Crippen LogP contribution in [0.1, 0.15) is 32.3 Å². The average Bonchev–Trinajstić information content (AvgIpc) is 3.44. The van der Waals surface area contributed by atoms with Crippen molar-refractivity contribution in [3.63, 3.8) is 0 Å². The lowest BCUT2D eigenvalue weighted by molar-refractivity contribution is 0.130. The van der Waals surface area contributed by atoms with E-state index in [4.69, 9.17) is 4.74 Å². The van der Waals surface area contributed by atoms with E-state index in [1.165, 1.54) is 12.7 Å².